The normalized spacial score (nSPS) is 12.7. The first kappa shape index (κ1) is 11.0. The Morgan fingerprint density at radius 2 is 2.00 bits per heavy atom. The van der Waals surface area contributed by atoms with E-state index in [2.05, 4.69) is 12.4 Å². The predicted octanol–water partition coefficient (Wildman–Crippen LogP) is 1.86. The third kappa shape index (κ3) is 3.77. The fraction of sp³-hybridized carbons (Fsp3) is 0.455. The first-order chi connectivity index (χ1) is 6.72. The Hall–Kier alpha value is -1.06. The van der Waals surface area contributed by atoms with Gasteiger partial charge >= 0.3 is 0 Å². The molecule has 1 unspecified atom stereocenters. The lowest BCUT2D eigenvalue weighted by Crippen LogP contribution is -2.28. The highest BCUT2D eigenvalue weighted by Gasteiger charge is 2.02. The number of aromatic hydroxyl groups is 1. The van der Waals surface area contributed by atoms with Crippen molar-refractivity contribution in [3.63, 3.8) is 0 Å². The zero-order valence-corrected chi connectivity index (χ0v) is 8.66. The van der Waals surface area contributed by atoms with Gasteiger partial charge < -0.3 is 9.94 Å². The molecule has 0 aliphatic rings. The Balaban J connectivity index is 2.39. The molecule has 0 aliphatic carbocycles. The molecule has 0 aliphatic heterocycles. The van der Waals surface area contributed by atoms with E-state index in [1.54, 1.807) is 12.1 Å². The molecule has 0 radical (unpaired) electrons. The molecule has 78 valence electrons. The van der Waals surface area contributed by atoms with Gasteiger partial charge in [0, 0.05) is 6.04 Å². The molecule has 1 rings (SSSR count). The molecule has 0 amide bonds. The van der Waals surface area contributed by atoms with Gasteiger partial charge in [-0.15, -0.1) is 0 Å². The third-order valence-corrected chi connectivity index (χ3v) is 1.91. The van der Waals surface area contributed by atoms with E-state index in [-0.39, 0.29) is 6.04 Å². The van der Waals surface area contributed by atoms with Crippen LogP contribution in [-0.4, -0.2) is 17.8 Å². The van der Waals surface area contributed by atoms with E-state index in [4.69, 9.17) is 9.94 Å². The number of hydrogen-bond donors (Lipinski definition) is 2. The minimum absolute atomic E-state index is 0.277. The second-order valence-electron chi connectivity index (χ2n) is 3.32. The highest BCUT2D eigenvalue weighted by molar-refractivity contribution is 5.26. The summed E-state index contributed by atoms with van der Waals surface area (Å²) in [6, 6.07) is 7.50. The number of nitrogens with one attached hydrogen (secondary N) is 1. The van der Waals surface area contributed by atoms with Crippen LogP contribution in [0.15, 0.2) is 24.3 Å². The molecule has 0 aromatic heterocycles. The second kappa shape index (κ2) is 5.62. The lowest BCUT2D eigenvalue weighted by molar-refractivity contribution is 0.0290. The van der Waals surface area contributed by atoms with Crippen molar-refractivity contribution in [1.29, 1.82) is 0 Å². The largest absolute Gasteiger partial charge is 0.508 e. The van der Waals surface area contributed by atoms with Crippen LogP contribution in [0.3, 0.4) is 0 Å². The van der Waals surface area contributed by atoms with E-state index >= 15 is 0 Å². The first-order valence-corrected chi connectivity index (χ1v) is 4.87. The van der Waals surface area contributed by atoms with Crippen LogP contribution in [0.25, 0.3) is 0 Å². The minimum atomic E-state index is 0.277. The van der Waals surface area contributed by atoms with Crippen molar-refractivity contribution in [3.8, 4) is 5.75 Å². The van der Waals surface area contributed by atoms with Gasteiger partial charge in [-0.3, -0.25) is 0 Å². The third-order valence-electron chi connectivity index (χ3n) is 1.91. The molecule has 3 nitrogen and oxygen atoms in total. The number of phenolic OH excluding ortho intramolecular Hbond substituents is 1. The second-order valence-corrected chi connectivity index (χ2v) is 3.32. The summed E-state index contributed by atoms with van der Waals surface area (Å²) in [5.41, 5.74) is 4.12. The van der Waals surface area contributed by atoms with E-state index in [1.807, 2.05) is 19.1 Å². The molecule has 0 fully saturated rings. The van der Waals surface area contributed by atoms with E-state index in [0.29, 0.717) is 12.4 Å². The van der Waals surface area contributed by atoms with Crippen molar-refractivity contribution < 1.29 is 9.94 Å². The van der Waals surface area contributed by atoms with Crippen molar-refractivity contribution in [2.75, 3.05) is 6.61 Å². The summed E-state index contributed by atoms with van der Waals surface area (Å²) in [4.78, 5) is 5.09. The molecule has 14 heavy (non-hydrogen) atoms. The molecule has 1 atom stereocenters. The average Bonchev–Trinajstić information content (AvgIpc) is 2.18. The van der Waals surface area contributed by atoms with E-state index < -0.39 is 0 Å². The molecule has 1 aromatic carbocycles. The van der Waals surface area contributed by atoms with Crippen molar-refractivity contribution in [3.05, 3.63) is 29.8 Å². The summed E-state index contributed by atoms with van der Waals surface area (Å²) in [5.74, 6) is 0.305. The minimum Gasteiger partial charge on any atom is -0.508 e. The molecule has 0 saturated heterocycles. The molecule has 0 bridgehead atoms. The zero-order chi connectivity index (χ0) is 10.4. The lowest BCUT2D eigenvalue weighted by Gasteiger charge is -2.12. The molecule has 0 spiro atoms. The summed E-state index contributed by atoms with van der Waals surface area (Å²) in [7, 11) is 0. The fourth-order valence-electron chi connectivity index (χ4n) is 1.25. The quantitative estimate of drug-likeness (QED) is 0.705. The van der Waals surface area contributed by atoms with Gasteiger partial charge in [0.15, 0.2) is 0 Å². The standard InChI is InChI=1S/C11H17NO2/c1-3-14-12-9(2)8-10-4-6-11(13)7-5-10/h4-7,9,12-13H,3,8H2,1-2H3. The van der Waals surface area contributed by atoms with Gasteiger partial charge in [0.05, 0.1) is 6.61 Å². The number of phenols is 1. The van der Waals surface area contributed by atoms with Crippen LogP contribution in [-0.2, 0) is 11.3 Å². The van der Waals surface area contributed by atoms with E-state index in [1.165, 1.54) is 5.56 Å². The highest BCUT2D eigenvalue weighted by atomic mass is 16.6. The topological polar surface area (TPSA) is 41.5 Å². The molecule has 0 heterocycles. The van der Waals surface area contributed by atoms with Crippen LogP contribution in [0, 0.1) is 0 Å². The molecule has 1 aromatic rings. The molecular formula is C11H17NO2. The SMILES string of the molecule is CCONC(C)Cc1ccc(O)cc1. The number of benzene rings is 1. The van der Waals surface area contributed by atoms with Crippen LogP contribution in [0.4, 0.5) is 0 Å². The molecule has 0 saturated carbocycles. The zero-order valence-electron chi connectivity index (χ0n) is 8.66. The Kier molecular flexibility index (Phi) is 4.43. The highest BCUT2D eigenvalue weighted by Crippen LogP contribution is 2.10. The maximum atomic E-state index is 9.09. The van der Waals surface area contributed by atoms with E-state index in [9.17, 15) is 0 Å². The summed E-state index contributed by atoms with van der Waals surface area (Å²) in [6.45, 7) is 4.67. The van der Waals surface area contributed by atoms with Crippen LogP contribution in [0.1, 0.15) is 19.4 Å². The monoisotopic (exact) mass is 195 g/mol. The summed E-state index contributed by atoms with van der Waals surface area (Å²) in [6.07, 6.45) is 0.889. The van der Waals surface area contributed by atoms with Crippen molar-refractivity contribution in [2.24, 2.45) is 0 Å². The Labute approximate surface area is 84.7 Å². The van der Waals surface area contributed by atoms with E-state index in [0.717, 1.165) is 6.42 Å². The lowest BCUT2D eigenvalue weighted by atomic mass is 10.1. The Morgan fingerprint density at radius 3 is 2.57 bits per heavy atom. The van der Waals surface area contributed by atoms with Crippen molar-refractivity contribution in [1.82, 2.24) is 5.48 Å². The van der Waals surface area contributed by atoms with Crippen molar-refractivity contribution in [2.45, 2.75) is 26.3 Å². The van der Waals surface area contributed by atoms with Crippen LogP contribution in [0.5, 0.6) is 5.75 Å². The molecule has 3 heteroatoms. The van der Waals surface area contributed by atoms with Crippen LogP contribution in [0.2, 0.25) is 0 Å². The fourth-order valence-corrected chi connectivity index (χ4v) is 1.25. The Bertz CT molecular complexity index is 258. The van der Waals surface area contributed by atoms with Crippen molar-refractivity contribution >= 4 is 0 Å². The summed E-state index contributed by atoms with van der Waals surface area (Å²) >= 11 is 0. The van der Waals surface area contributed by atoms with Crippen LogP contribution >= 0.6 is 0 Å². The first-order valence-electron chi connectivity index (χ1n) is 4.87. The summed E-state index contributed by atoms with van der Waals surface area (Å²) in [5, 5.41) is 9.09. The number of hydrogen-bond acceptors (Lipinski definition) is 3. The van der Waals surface area contributed by atoms with Gasteiger partial charge in [-0.2, -0.15) is 5.48 Å². The van der Waals surface area contributed by atoms with Gasteiger partial charge in [0.2, 0.25) is 0 Å². The maximum absolute atomic E-state index is 9.09. The summed E-state index contributed by atoms with van der Waals surface area (Å²) < 4.78 is 0. The maximum Gasteiger partial charge on any atom is 0.115 e. The smallest absolute Gasteiger partial charge is 0.115 e. The molecular weight excluding hydrogens is 178 g/mol. The number of hydroxylamine groups is 1. The van der Waals surface area contributed by atoms with Gasteiger partial charge in [-0.25, -0.2) is 0 Å². The molecule has 2 N–H and O–H groups in total. The average molecular weight is 195 g/mol. The predicted molar refractivity (Wildman–Crippen MR) is 56.0 cm³/mol. The number of rotatable bonds is 5. The van der Waals surface area contributed by atoms with Crippen LogP contribution < -0.4 is 5.48 Å². The van der Waals surface area contributed by atoms with Gasteiger partial charge in [0.1, 0.15) is 5.75 Å². The van der Waals surface area contributed by atoms with Gasteiger partial charge in [0.25, 0.3) is 0 Å². The van der Waals surface area contributed by atoms with Gasteiger partial charge in [-0.05, 0) is 38.0 Å². The Morgan fingerprint density at radius 1 is 1.36 bits per heavy atom. The van der Waals surface area contributed by atoms with Gasteiger partial charge in [-0.1, -0.05) is 12.1 Å².